The van der Waals surface area contributed by atoms with Crippen LogP contribution in [0.5, 0.6) is 0 Å². The monoisotopic (exact) mass is 828 g/mol. The molecule has 0 saturated heterocycles. The highest BCUT2D eigenvalue weighted by molar-refractivity contribution is 5.70. The Bertz CT molecular complexity index is 1060. The predicted octanol–water partition coefficient (Wildman–Crippen LogP) is 14.8. The Morgan fingerprint density at radius 3 is 1.39 bits per heavy atom. The van der Waals surface area contributed by atoms with Crippen molar-refractivity contribution < 1.29 is 28.6 Å². The van der Waals surface area contributed by atoms with Crippen LogP contribution < -0.4 is 0 Å². The first kappa shape index (κ1) is 54.6. The second-order valence-electron chi connectivity index (χ2n) is 17.3. The number of rotatable bonds is 44. The zero-order chi connectivity index (χ0) is 42.7. The molecule has 0 N–H and O–H groups in total. The molecule has 0 bridgehead atoms. The molecule has 0 saturated carbocycles. The third kappa shape index (κ3) is 37.1. The van der Waals surface area contributed by atoms with E-state index in [1.54, 1.807) is 0 Å². The maximum absolute atomic E-state index is 12.8. The first-order chi connectivity index (χ1) is 29.0. The van der Waals surface area contributed by atoms with E-state index < -0.39 is 0 Å². The van der Waals surface area contributed by atoms with Crippen LogP contribution in [-0.4, -0.2) is 55.2 Å². The smallest absolute Gasteiger partial charge is 0.307 e. The van der Waals surface area contributed by atoms with E-state index in [9.17, 15) is 14.4 Å². The molecule has 7 nitrogen and oxygen atoms in total. The molecule has 342 valence electrons. The van der Waals surface area contributed by atoms with Crippen LogP contribution in [0.2, 0.25) is 0 Å². The van der Waals surface area contributed by atoms with Crippen molar-refractivity contribution in [3.63, 3.8) is 0 Å². The highest BCUT2D eigenvalue weighted by atomic mass is 16.5. The largest absolute Gasteiger partial charge is 0.466 e. The second kappa shape index (κ2) is 42.3. The molecule has 1 aromatic rings. The quantitative estimate of drug-likeness (QED) is 0.0368. The molecule has 0 unspecified atom stereocenters. The van der Waals surface area contributed by atoms with Gasteiger partial charge in [0.15, 0.2) is 0 Å². The molecule has 0 aliphatic rings. The standard InChI is InChI=1S/C52H93NO6/c1-4-7-10-13-16-25-35-46-57-50(54)40-31-21-17-23-33-43-53(45-42-51(55)58-47-48-36-27-26-28-37-48)44-34-24-18-22-32-41-52(56)59-49(38-29-19-14-11-8-5-2)39-30-20-15-12-9-6-3/h26-28,36-37,49H,4-25,29-35,38-47H2,1-3H3. The summed E-state index contributed by atoms with van der Waals surface area (Å²) in [6.45, 7) is 10.3. The minimum atomic E-state index is -0.147. The van der Waals surface area contributed by atoms with Crippen LogP contribution in [0.1, 0.15) is 245 Å². The summed E-state index contributed by atoms with van der Waals surface area (Å²) in [5.74, 6) is -0.200. The molecular formula is C52H93NO6. The summed E-state index contributed by atoms with van der Waals surface area (Å²) in [5, 5.41) is 0. The number of esters is 3. The van der Waals surface area contributed by atoms with E-state index in [2.05, 4.69) is 25.7 Å². The minimum Gasteiger partial charge on any atom is -0.466 e. The molecule has 0 spiro atoms. The SMILES string of the molecule is CCCCCCCCCOC(=O)CCCCCCCN(CCCCCCCC(=O)OC(CCCCCCCC)CCCCCCCC)CCC(=O)OCc1ccccc1. The molecule has 0 atom stereocenters. The fourth-order valence-corrected chi connectivity index (χ4v) is 7.79. The van der Waals surface area contributed by atoms with Crippen molar-refractivity contribution >= 4 is 17.9 Å². The number of unbranched alkanes of at least 4 members (excludes halogenated alkanes) is 24. The Morgan fingerprint density at radius 1 is 0.441 bits per heavy atom. The molecule has 0 aliphatic carbocycles. The number of carbonyl (C=O) groups is 3. The number of hydrogen-bond acceptors (Lipinski definition) is 7. The Morgan fingerprint density at radius 2 is 0.864 bits per heavy atom. The number of carbonyl (C=O) groups excluding carboxylic acids is 3. The molecule has 0 amide bonds. The number of nitrogens with zero attached hydrogens (tertiary/aromatic N) is 1. The van der Waals surface area contributed by atoms with Crippen molar-refractivity contribution in [2.45, 2.75) is 252 Å². The van der Waals surface area contributed by atoms with Gasteiger partial charge in [0.1, 0.15) is 12.7 Å². The van der Waals surface area contributed by atoms with Gasteiger partial charge in [0.25, 0.3) is 0 Å². The number of hydrogen-bond donors (Lipinski definition) is 0. The number of benzene rings is 1. The molecule has 1 aromatic carbocycles. The lowest BCUT2D eigenvalue weighted by Gasteiger charge is -2.22. The Hall–Kier alpha value is -2.41. The lowest BCUT2D eigenvalue weighted by Crippen LogP contribution is -2.29. The van der Waals surface area contributed by atoms with Crippen LogP contribution in [0.25, 0.3) is 0 Å². The summed E-state index contributed by atoms with van der Waals surface area (Å²) >= 11 is 0. The van der Waals surface area contributed by atoms with Gasteiger partial charge in [0.2, 0.25) is 0 Å². The van der Waals surface area contributed by atoms with E-state index in [-0.39, 0.29) is 24.0 Å². The van der Waals surface area contributed by atoms with Crippen LogP contribution in [0.4, 0.5) is 0 Å². The van der Waals surface area contributed by atoms with Gasteiger partial charge >= 0.3 is 17.9 Å². The van der Waals surface area contributed by atoms with Crippen molar-refractivity contribution in [2.24, 2.45) is 0 Å². The molecule has 7 heteroatoms. The highest BCUT2D eigenvalue weighted by Crippen LogP contribution is 2.19. The summed E-state index contributed by atoms with van der Waals surface area (Å²) < 4.78 is 17.1. The molecule has 0 heterocycles. The number of ether oxygens (including phenoxy) is 3. The van der Waals surface area contributed by atoms with Gasteiger partial charge in [-0.05, 0) is 76.4 Å². The lowest BCUT2D eigenvalue weighted by atomic mass is 10.0. The van der Waals surface area contributed by atoms with E-state index in [1.807, 2.05) is 30.3 Å². The zero-order valence-corrected chi connectivity index (χ0v) is 38.9. The third-order valence-electron chi connectivity index (χ3n) is 11.7. The first-order valence-electron chi connectivity index (χ1n) is 25.2. The van der Waals surface area contributed by atoms with Gasteiger partial charge in [-0.2, -0.15) is 0 Å². The highest BCUT2D eigenvalue weighted by Gasteiger charge is 2.15. The fraction of sp³-hybridized carbons (Fsp3) is 0.827. The van der Waals surface area contributed by atoms with Gasteiger partial charge in [-0.1, -0.05) is 192 Å². The second-order valence-corrected chi connectivity index (χ2v) is 17.3. The van der Waals surface area contributed by atoms with Crippen molar-refractivity contribution in [3.8, 4) is 0 Å². The van der Waals surface area contributed by atoms with Crippen LogP contribution in [0.3, 0.4) is 0 Å². The first-order valence-corrected chi connectivity index (χ1v) is 25.2. The molecule has 0 aliphatic heterocycles. The van der Waals surface area contributed by atoms with Crippen LogP contribution in [-0.2, 0) is 35.2 Å². The fourth-order valence-electron chi connectivity index (χ4n) is 7.79. The Kier molecular flexibility index (Phi) is 39.1. The van der Waals surface area contributed by atoms with Crippen LogP contribution in [0.15, 0.2) is 30.3 Å². The van der Waals surface area contributed by atoms with Crippen molar-refractivity contribution in [3.05, 3.63) is 35.9 Å². The zero-order valence-electron chi connectivity index (χ0n) is 38.9. The predicted molar refractivity (Wildman–Crippen MR) is 248 cm³/mol. The molecule has 0 fully saturated rings. The topological polar surface area (TPSA) is 82.1 Å². The average Bonchev–Trinajstić information content (AvgIpc) is 3.24. The van der Waals surface area contributed by atoms with Crippen LogP contribution >= 0.6 is 0 Å². The molecule has 0 radical (unpaired) electrons. The summed E-state index contributed by atoms with van der Waals surface area (Å²) in [5.41, 5.74) is 1.01. The third-order valence-corrected chi connectivity index (χ3v) is 11.7. The minimum absolute atomic E-state index is 0.00368. The van der Waals surface area contributed by atoms with E-state index in [0.717, 1.165) is 109 Å². The maximum atomic E-state index is 12.8. The van der Waals surface area contributed by atoms with Gasteiger partial charge < -0.3 is 19.1 Å². The van der Waals surface area contributed by atoms with Gasteiger partial charge in [-0.25, -0.2) is 0 Å². The lowest BCUT2D eigenvalue weighted by molar-refractivity contribution is -0.150. The Labute approximate surface area is 364 Å². The van der Waals surface area contributed by atoms with Gasteiger partial charge in [0, 0.05) is 19.4 Å². The van der Waals surface area contributed by atoms with Gasteiger partial charge in [0.05, 0.1) is 13.0 Å². The summed E-state index contributed by atoms with van der Waals surface area (Å²) in [6, 6.07) is 9.86. The van der Waals surface area contributed by atoms with E-state index in [1.165, 1.54) is 109 Å². The molecular weight excluding hydrogens is 735 g/mol. The normalized spacial score (nSPS) is 11.4. The van der Waals surface area contributed by atoms with Crippen molar-refractivity contribution in [1.29, 1.82) is 0 Å². The van der Waals surface area contributed by atoms with Crippen molar-refractivity contribution in [2.75, 3.05) is 26.2 Å². The van der Waals surface area contributed by atoms with E-state index in [0.29, 0.717) is 39.0 Å². The average molecular weight is 828 g/mol. The van der Waals surface area contributed by atoms with Gasteiger partial charge in [-0.15, -0.1) is 0 Å². The Balaban J connectivity index is 2.35. The summed E-state index contributed by atoms with van der Waals surface area (Å²) in [7, 11) is 0. The summed E-state index contributed by atoms with van der Waals surface area (Å²) in [6.07, 6.45) is 37.9. The molecule has 1 rings (SSSR count). The van der Waals surface area contributed by atoms with Crippen molar-refractivity contribution in [1.82, 2.24) is 4.90 Å². The van der Waals surface area contributed by atoms with Gasteiger partial charge in [-0.3, -0.25) is 14.4 Å². The maximum Gasteiger partial charge on any atom is 0.307 e. The molecule has 59 heavy (non-hydrogen) atoms. The van der Waals surface area contributed by atoms with E-state index in [4.69, 9.17) is 14.2 Å². The molecule has 0 aromatic heterocycles. The summed E-state index contributed by atoms with van der Waals surface area (Å²) in [4.78, 5) is 40.0. The van der Waals surface area contributed by atoms with E-state index >= 15 is 0 Å². The van der Waals surface area contributed by atoms with Crippen LogP contribution in [0, 0.1) is 0 Å².